The molecule has 15 heavy (non-hydrogen) atoms. The number of hydrogen-bond donors (Lipinski definition) is 2. The number of amides is 2. The van der Waals surface area contributed by atoms with Crippen molar-refractivity contribution in [2.24, 2.45) is 5.92 Å². The number of carbonyl (C=O) groups is 3. The smallest absolute Gasteiger partial charge is 0.315 e. The van der Waals surface area contributed by atoms with Crippen molar-refractivity contribution in [2.45, 2.75) is 13.3 Å². The monoisotopic (exact) mass is 216 g/mol. The summed E-state index contributed by atoms with van der Waals surface area (Å²) in [5, 5.41) is 11.0. The summed E-state index contributed by atoms with van der Waals surface area (Å²) in [5.74, 6) is -2.91. The SMILES string of the molecule is CNC(=O)CCN(C)C(=O)C(C)C(=O)O. The second-order valence-electron chi connectivity index (χ2n) is 3.24. The van der Waals surface area contributed by atoms with Crippen LogP contribution in [-0.4, -0.2) is 48.4 Å². The van der Waals surface area contributed by atoms with Crippen molar-refractivity contribution in [1.82, 2.24) is 10.2 Å². The lowest BCUT2D eigenvalue weighted by molar-refractivity contribution is -0.149. The summed E-state index contributed by atoms with van der Waals surface area (Å²) in [6.45, 7) is 1.54. The summed E-state index contributed by atoms with van der Waals surface area (Å²) in [7, 11) is 2.98. The van der Waals surface area contributed by atoms with Gasteiger partial charge in [0, 0.05) is 27.1 Å². The minimum absolute atomic E-state index is 0.172. The fraction of sp³-hybridized carbons (Fsp3) is 0.667. The summed E-state index contributed by atoms with van der Waals surface area (Å²) < 4.78 is 0. The van der Waals surface area contributed by atoms with E-state index in [0.717, 1.165) is 0 Å². The van der Waals surface area contributed by atoms with Gasteiger partial charge in [-0.2, -0.15) is 0 Å². The Kier molecular flexibility index (Phi) is 5.36. The summed E-state index contributed by atoms with van der Waals surface area (Å²) in [6, 6.07) is 0. The number of hydrogen-bond acceptors (Lipinski definition) is 3. The van der Waals surface area contributed by atoms with Crippen LogP contribution in [0.3, 0.4) is 0 Å². The summed E-state index contributed by atoms with van der Waals surface area (Å²) in [6.07, 6.45) is 0.172. The van der Waals surface area contributed by atoms with E-state index < -0.39 is 17.8 Å². The highest BCUT2D eigenvalue weighted by Crippen LogP contribution is 2.01. The third kappa shape index (κ3) is 4.44. The molecule has 0 heterocycles. The zero-order chi connectivity index (χ0) is 12.0. The molecular formula is C9H16N2O4. The van der Waals surface area contributed by atoms with Gasteiger partial charge >= 0.3 is 5.97 Å². The number of rotatable bonds is 5. The fourth-order valence-electron chi connectivity index (χ4n) is 0.941. The Balaban J connectivity index is 4.10. The van der Waals surface area contributed by atoms with Crippen molar-refractivity contribution in [3.8, 4) is 0 Å². The van der Waals surface area contributed by atoms with Crippen molar-refractivity contribution in [3.05, 3.63) is 0 Å². The molecule has 6 heteroatoms. The molecule has 0 spiro atoms. The predicted octanol–water partition coefficient (Wildman–Crippen LogP) is -0.698. The number of carbonyl (C=O) groups excluding carboxylic acids is 2. The molecule has 6 nitrogen and oxygen atoms in total. The van der Waals surface area contributed by atoms with Crippen LogP contribution < -0.4 is 5.32 Å². The molecule has 0 aliphatic carbocycles. The van der Waals surface area contributed by atoms with Crippen molar-refractivity contribution >= 4 is 17.8 Å². The highest BCUT2D eigenvalue weighted by Gasteiger charge is 2.23. The van der Waals surface area contributed by atoms with Crippen molar-refractivity contribution in [1.29, 1.82) is 0 Å². The van der Waals surface area contributed by atoms with E-state index in [1.54, 1.807) is 0 Å². The van der Waals surface area contributed by atoms with E-state index in [-0.39, 0.29) is 18.9 Å². The van der Waals surface area contributed by atoms with E-state index in [9.17, 15) is 14.4 Å². The first-order chi connectivity index (χ1) is 6.90. The minimum Gasteiger partial charge on any atom is -0.481 e. The summed E-state index contributed by atoms with van der Waals surface area (Å²) in [5.41, 5.74) is 0. The Morgan fingerprint density at radius 3 is 2.33 bits per heavy atom. The first-order valence-electron chi connectivity index (χ1n) is 4.58. The zero-order valence-corrected chi connectivity index (χ0v) is 9.11. The summed E-state index contributed by atoms with van der Waals surface area (Å²) in [4.78, 5) is 34.0. The van der Waals surface area contributed by atoms with Crippen molar-refractivity contribution in [3.63, 3.8) is 0 Å². The maximum Gasteiger partial charge on any atom is 0.315 e. The second-order valence-corrected chi connectivity index (χ2v) is 3.24. The van der Waals surface area contributed by atoms with Crippen LogP contribution in [0.15, 0.2) is 0 Å². The van der Waals surface area contributed by atoms with E-state index in [1.165, 1.54) is 25.9 Å². The second kappa shape index (κ2) is 6.00. The Morgan fingerprint density at radius 2 is 1.93 bits per heavy atom. The first-order valence-corrected chi connectivity index (χ1v) is 4.58. The molecule has 2 N–H and O–H groups in total. The third-order valence-electron chi connectivity index (χ3n) is 2.07. The molecule has 1 atom stereocenters. The van der Waals surface area contributed by atoms with Crippen LogP contribution in [0.2, 0.25) is 0 Å². The maximum atomic E-state index is 11.4. The third-order valence-corrected chi connectivity index (χ3v) is 2.07. The van der Waals surface area contributed by atoms with E-state index in [0.29, 0.717) is 0 Å². The van der Waals surface area contributed by atoms with E-state index >= 15 is 0 Å². The average Bonchev–Trinajstić information content (AvgIpc) is 2.22. The van der Waals surface area contributed by atoms with E-state index in [1.807, 2.05) is 0 Å². The van der Waals surface area contributed by atoms with Gasteiger partial charge in [-0.3, -0.25) is 14.4 Å². The van der Waals surface area contributed by atoms with Crippen molar-refractivity contribution < 1.29 is 19.5 Å². The van der Waals surface area contributed by atoms with Crippen LogP contribution in [0.4, 0.5) is 0 Å². The number of carboxylic acid groups (broad SMARTS) is 1. The molecule has 1 unspecified atom stereocenters. The fourth-order valence-corrected chi connectivity index (χ4v) is 0.941. The molecule has 0 aliphatic rings. The molecule has 86 valence electrons. The zero-order valence-electron chi connectivity index (χ0n) is 9.11. The Labute approximate surface area is 88.2 Å². The largest absolute Gasteiger partial charge is 0.481 e. The first kappa shape index (κ1) is 13.4. The van der Waals surface area contributed by atoms with Crippen LogP contribution in [0, 0.1) is 5.92 Å². The highest BCUT2D eigenvalue weighted by atomic mass is 16.4. The molecular weight excluding hydrogens is 200 g/mol. The Morgan fingerprint density at radius 1 is 1.40 bits per heavy atom. The molecule has 2 amide bonds. The van der Waals surface area contributed by atoms with Gasteiger partial charge in [-0.15, -0.1) is 0 Å². The number of nitrogens with one attached hydrogen (secondary N) is 1. The molecule has 0 radical (unpaired) electrons. The van der Waals surface area contributed by atoms with Gasteiger partial charge in [-0.25, -0.2) is 0 Å². The molecule has 0 aromatic heterocycles. The van der Waals surface area contributed by atoms with Crippen LogP contribution >= 0.6 is 0 Å². The molecule has 0 bridgehead atoms. The molecule has 0 saturated heterocycles. The molecule has 0 fully saturated rings. The van der Waals surface area contributed by atoms with Gasteiger partial charge in [0.2, 0.25) is 11.8 Å². The Hall–Kier alpha value is -1.59. The lowest BCUT2D eigenvalue weighted by Gasteiger charge is -2.18. The molecule has 0 aromatic carbocycles. The van der Waals surface area contributed by atoms with Gasteiger partial charge in [0.05, 0.1) is 0 Å². The lowest BCUT2D eigenvalue weighted by Crippen LogP contribution is -2.37. The minimum atomic E-state index is -1.16. The van der Waals surface area contributed by atoms with E-state index in [4.69, 9.17) is 5.11 Å². The summed E-state index contributed by atoms with van der Waals surface area (Å²) >= 11 is 0. The van der Waals surface area contributed by atoms with Crippen LogP contribution in [-0.2, 0) is 14.4 Å². The van der Waals surface area contributed by atoms with Gasteiger partial charge in [0.15, 0.2) is 0 Å². The molecule has 0 saturated carbocycles. The normalized spacial score (nSPS) is 11.7. The molecule has 0 rings (SSSR count). The number of carboxylic acids is 1. The van der Waals surface area contributed by atoms with Gasteiger partial charge in [0.1, 0.15) is 5.92 Å². The van der Waals surface area contributed by atoms with Gasteiger partial charge in [0.25, 0.3) is 0 Å². The average molecular weight is 216 g/mol. The quantitative estimate of drug-likeness (QED) is 0.595. The Bertz CT molecular complexity index is 265. The van der Waals surface area contributed by atoms with Gasteiger partial charge < -0.3 is 15.3 Å². The topological polar surface area (TPSA) is 86.7 Å². The van der Waals surface area contributed by atoms with E-state index in [2.05, 4.69) is 5.32 Å². The van der Waals surface area contributed by atoms with Crippen LogP contribution in [0.25, 0.3) is 0 Å². The lowest BCUT2D eigenvalue weighted by atomic mass is 10.1. The molecule has 0 aromatic rings. The number of nitrogens with zero attached hydrogens (tertiary/aromatic N) is 1. The van der Waals surface area contributed by atoms with Crippen LogP contribution in [0.1, 0.15) is 13.3 Å². The molecule has 0 aliphatic heterocycles. The predicted molar refractivity (Wildman–Crippen MR) is 53.1 cm³/mol. The van der Waals surface area contributed by atoms with Crippen LogP contribution in [0.5, 0.6) is 0 Å². The number of aliphatic carboxylic acids is 1. The van der Waals surface area contributed by atoms with Crippen molar-refractivity contribution in [2.75, 3.05) is 20.6 Å². The van der Waals surface area contributed by atoms with Gasteiger partial charge in [-0.1, -0.05) is 0 Å². The van der Waals surface area contributed by atoms with Gasteiger partial charge in [-0.05, 0) is 6.92 Å². The highest BCUT2D eigenvalue weighted by molar-refractivity contribution is 5.96. The standard InChI is InChI=1S/C9H16N2O4/c1-6(9(14)15)8(13)11(3)5-4-7(12)10-2/h6H,4-5H2,1-3H3,(H,10,12)(H,14,15). The maximum absolute atomic E-state index is 11.4.